The number of H-pyrrole nitrogens is 1. The number of thiophene rings is 1. The Kier molecular flexibility index (Phi) is 5.99. The zero-order valence-electron chi connectivity index (χ0n) is 16.9. The third kappa shape index (κ3) is 4.31. The second-order valence-electron chi connectivity index (χ2n) is 7.80. The molecule has 3 N–H and O–H groups in total. The molecule has 1 amide bonds. The fourth-order valence-electron chi connectivity index (χ4n) is 4.06. The van der Waals surface area contributed by atoms with Crippen LogP contribution in [0.15, 0.2) is 30.5 Å². The lowest BCUT2D eigenvalue weighted by Gasteiger charge is -2.21. The molecule has 1 saturated heterocycles. The molecule has 2 aromatic heterocycles. The minimum Gasteiger partial charge on any atom is -0.376 e. The first-order valence-electron chi connectivity index (χ1n) is 10.2. The second kappa shape index (κ2) is 8.53. The van der Waals surface area contributed by atoms with E-state index in [1.165, 1.54) is 0 Å². The summed E-state index contributed by atoms with van der Waals surface area (Å²) < 4.78 is 29.3. The van der Waals surface area contributed by atoms with Crippen LogP contribution in [0.2, 0.25) is 0 Å². The Bertz CT molecular complexity index is 1160. The third-order valence-electron chi connectivity index (χ3n) is 5.62. The Morgan fingerprint density at radius 3 is 2.73 bits per heavy atom. The van der Waals surface area contributed by atoms with Gasteiger partial charge >= 0.3 is 0 Å². The molecule has 3 heterocycles. The minimum absolute atomic E-state index is 0.152. The van der Waals surface area contributed by atoms with Gasteiger partial charge in [0.1, 0.15) is 9.84 Å². The average molecular weight is 447 g/mol. The highest BCUT2D eigenvalue weighted by atomic mass is 32.2. The van der Waals surface area contributed by atoms with Gasteiger partial charge in [-0.25, -0.2) is 8.42 Å². The van der Waals surface area contributed by atoms with Crippen molar-refractivity contribution in [2.45, 2.75) is 38.7 Å². The molecule has 0 bridgehead atoms. The minimum atomic E-state index is -2.93. The van der Waals surface area contributed by atoms with Crippen molar-refractivity contribution in [3.63, 3.8) is 0 Å². The van der Waals surface area contributed by atoms with Crippen molar-refractivity contribution in [3.8, 4) is 10.4 Å². The first kappa shape index (κ1) is 21.1. The molecule has 1 aliphatic heterocycles. The van der Waals surface area contributed by atoms with Gasteiger partial charge in [-0.1, -0.05) is 6.92 Å². The summed E-state index contributed by atoms with van der Waals surface area (Å²) in [7, 11) is -2.93. The summed E-state index contributed by atoms with van der Waals surface area (Å²) in [6.07, 6.45) is 4.09. The smallest absolute Gasteiger partial charge is 0.250 e. The Hall–Kier alpha value is -2.16. The van der Waals surface area contributed by atoms with Gasteiger partial charge in [0.25, 0.3) is 5.91 Å². The van der Waals surface area contributed by atoms with Crippen LogP contribution in [0.4, 0.5) is 0 Å². The van der Waals surface area contributed by atoms with Crippen LogP contribution in [0, 0.1) is 0 Å². The summed E-state index contributed by atoms with van der Waals surface area (Å²) >= 11 is 1.64. The fraction of sp³-hybridized carbons (Fsp3) is 0.409. The maximum absolute atomic E-state index is 12.2. The molecule has 1 aliphatic rings. The molecule has 0 aliphatic carbocycles. The van der Waals surface area contributed by atoms with E-state index in [2.05, 4.69) is 18.0 Å². The van der Waals surface area contributed by atoms with E-state index in [1.807, 2.05) is 24.4 Å². The molecule has 0 unspecified atom stereocenters. The summed E-state index contributed by atoms with van der Waals surface area (Å²) in [6, 6.07) is 8.01. The summed E-state index contributed by atoms with van der Waals surface area (Å²) in [5.41, 5.74) is 8.85. The monoisotopic (exact) mass is 446 g/mol. The van der Waals surface area contributed by atoms with Gasteiger partial charge in [0.05, 0.1) is 29.2 Å². The highest BCUT2D eigenvalue weighted by Gasteiger charge is 2.27. The van der Waals surface area contributed by atoms with Gasteiger partial charge in [0.15, 0.2) is 0 Å². The number of rotatable bonds is 7. The maximum atomic E-state index is 12.2. The maximum Gasteiger partial charge on any atom is 0.250 e. The Balaban J connectivity index is 1.72. The summed E-state index contributed by atoms with van der Waals surface area (Å²) in [5.74, 6) is 0.0847. The number of aromatic amines is 1. The zero-order chi connectivity index (χ0) is 21.3. The molecule has 30 heavy (non-hydrogen) atoms. The van der Waals surface area contributed by atoms with Crippen LogP contribution in [0.5, 0.6) is 0 Å². The van der Waals surface area contributed by atoms with Gasteiger partial charge in [-0.15, -0.1) is 11.3 Å². The number of sulfone groups is 1. The van der Waals surface area contributed by atoms with Crippen molar-refractivity contribution in [1.29, 1.82) is 0 Å². The number of carbonyl (C=O) groups is 1. The number of aromatic nitrogens is 1. The van der Waals surface area contributed by atoms with E-state index >= 15 is 0 Å². The molecular formula is C22H26N2O4S2. The van der Waals surface area contributed by atoms with Crippen molar-refractivity contribution in [3.05, 3.63) is 46.5 Å². The quantitative estimate of drug-likeness (QED) is 0.531. The molecule has 1 fully saturated rings. The van der Waals surface area contributed by atoms with Crippen LogP contribution in [0.25, 0.3) is 21.3 Å². The first-order chi connectivity index (χ1) is 14.4. The van der Waals surface area contributed by atoms with Crippen molar-refractivity contribution < 1.29 is 17.9 Å². The number of hydrogen-bond donors (Lipinski definition) is 2. The molecule has 0 saturated carbocycles. The van der Waals surface area contributed by atoms with E-state index in [9.17, 15) is 13.2 Å². The SMILES string of the molecule is CCCOCc1ccc(-c2cc(C(N)=O)c3[nH]cc(C4CCS(=O)(=O)CC4)c3c2)s1. The van der Waals surface area contributed by atoms with Gasteiger partial charge in [-0.3, -0.25) is 4.79 Å². The van der Waals surface area contributed by atoms with Crippen LogP contribution in [-0.4, -0.2) is 37.4 Å². The van der Waals surface area contributed by atoms with Crippen LogP contribution >= 0.6 is 11.3 Å². The third-order valence-corrected chi connectivity index (χ3v) is 8.44. The number of benzene rings is 1. The van der Waals surface area contributed by atoms with Gasteiger partial charge in [-0.05, 0) is 60.6 Å². The van der Waals surface area contributed by atoms with Crippen molar-refractivity contribution in [1.82, 2.24) is 4.98 Å². The van der Waals surface area contributed by atoms with Gasteiger partial charge in [0, 0.05) is 27.9 Å². The highest BCUT2D eigenvalue weighted by Crippen LogP contribution is 2.38. The van der Waals surface area contributed by atoms with E-state index in [0.717, 1.165) is 44.8 Å². The largest absolute Gasteiger partial charge is 0.376 e. The van der Waals surface area contributed by atoms with E-state index in [1.54, 1.807) is 11.3 Å². The Morgan fingerprint density at radius 2 is 2.03 bits per heavy atom. The number of ether oxygens (including phenoxy) is 1. The van der Waals surface area contributed by atoms with E-state index in [4.69, 9.17) is 10.5 Å². The van der Waals surface area contributed by atoms with Gasteiger partial charge < -0.3 is 15.5 Å². The second-order valence-corrected chi connectivity index (χ2v) is 11.3. The molecule has 6 nitrogen and oxygen atoms in total. The number of primary amides is 1. The van der Waals surface area contributed by atoms with Crippen molar-refractivity contribution in [2.24, 2.45) is 5.73 Å². The van der Waals surface area contributed by atoms with Crippen molar-refractivity contribution in [2.75, 3.05) is 18.1 Å². The molecule has 160 valence electrons. The normalized spacial score (nSPS) is 16.8. The number of fused-ring (bicyclic) bond motifs is 1. The lowest BCUT2D eigenvalue weighted by atomic mass is 9.91. The fourth-order valence-corrected chi connectivity index (χ4v) is 6.48. The number of hydrogen-bond acceptors (Lipinski definition) is 5. The molecular weight excluding hydrogens is 420 g/mol. The van der Waals surface area contributed by atoms with Crippen LogP contribution in [0.1, 0.15) is 52.9 Å². The van der Waals surface area contributed by atoms with E-state index in [-0.39, 0.29) is 17.4 Å². The molecule has 3 aromatic rings. The number of nitrogens with one attached hydrogen (secondary N) is 1. The molecule has 4 rings (SSSR count). The Morgan fingerprint density at radius 1 is 1.27 bits per heavy atom. The lowest BCUT2D eigenvalue weighted by molar-refractivity contribution is 0.100. The molecule has 1 aromatic carbocycles. The number of amides is 1. The van der Waals surface area contributed by atoms with Crippen LogP contribution in [-0.2, 0) is 21.2 Å². The van der Waals surface area contributed by atoms with E-state index in [0.29, 0.717) is 25.0 Å². The number of nitrogens with two attached hydrogens (primary N) is 1. The van der Waals surface area contributed by atoms with Gasteiger partial charge in [0.2, 0.25) is 0 Å². The van der Waals surface area contributed by atoms with Crippen LogP contribution in [0.3, 0.4) is 0 Å². The average Bonchev–Trinajstić information content (AvgIpc) is 3.34. The highest BCUT2D eigenvalue weighted by molar-refractivity contribution is 7.91. The Labute approximate surface area is 180 Å². The summed E-state index contributed by atoms with van der Waals surface area (Å²) in [4.78, 5) is 17.5. The lowest BCUT2D eigenvalue weighted by Crippen LogP contribution is -2.22. The van der Waals surface area contributed by atoms with Crippen LogP contribution < -0.4 is 5.73 Å². The predicted octanol–water partition coefficient (Wildman–Crippen LogP) is 4.21. The summed E-state index contributed by atoms with van der Waals surface area (Å²) in [5, 5.41) is 0.947. The predicted molar refractivity (Wildman–Crippen MR) is 121 cm³/mol. The first-order valence-corrected chi connectivity index (χ1v) is 12.8. The molecule has 8 heteroatoms. The topological polar surface area (TPSA) is 102 Å². The molecule has 0 spiro atoms. The van der Waals surface area contributed by atoms with E-state index < -0.39 is 15.7 Å². The van der Waals surface area contributed by atoms with Gasteiger partial charge in [-0.2, -0.15) is 0 Å². The number of carbonyl (C=O) groups excluding carboxylic acids is 1. The molecule has 0 atom stereocenters. The summed E-state index contributed by atoms with van der Waals surface area (Å²) in [6.45, 7) is 3.39. The standard InChI is InChI=1S/C22H26N2O4S2/c1-2-7-28-13-16-3-4-20(29-16)15-10-17-19(14-5-8-30(26,27)9-6-14)12-24-21(17)18(11-15)22(23)25/h3-4,10-12,14,24H,2,5-9,13H2,1H3,(H2,23,25). The molecule has 0 radical (unpaired) electrons. The van der Waals surface area contributed by atoms with Crippen molar-refractivity contribution >= 4 is 38.0 Å². The zero-order valence-corrected chi connectivity index (χ0v) is 18.6.